The van der Waals surface area contributed by atoms with Gasteiger partial charge in [0.2, 0.25) is 5.91 Å². The van der Waals surface area contributed by atoms with Gasteiger partial charge >= 0.3 is 5.97 Å². The van der Waals surface area contributed by atoms with E-state index in [9.17, 15) is 9.59 Å². The average molecular weight is 175 g/mol. The lowest BCUT2D eigenvalue weighted by Crippen LogP contribution is -2.29. The maximum atomic E-state index is 10.8. The molecule has 0 aliphatic rings. The second-order valence-electron chi connectivity index (χ2n) is 2.18. The number of esters is 1. The van der Waals surface area contributed by atoms with Gasteiger partial charge in [0, 0.05) is 13.0 Å². The summed E-state index contributed by atoms with van der Waals surface area (Å²) in [6.07, 6.45) is 0.639. The zero-order valence-electron chi connectivity index (χ0n) is 7.00. The first kappa shape index (κ1) is 10.9. The van der Waals surface area contributed by atoms with Crippen molar-refractivity contribution in [2.75, 3.05) is 20.3 Å². The van der Waals surface area contributed by atoms with Crippen molar-refractivity contribution >= 4 is 11.9 Å². The maximum absolute atomic E-state index is 10.8. The molecule has 0 spiro atoms. The molecular weight excluding hydrogens is 162 g/mol. The summed E-state index contributed by atoms with van der Waals surface area (Å²) < 4.78 is 4.30. The Hall–Kier alpha value is -1.10. The van der Waals surface area contributed by atoms with E-state index in [1.807, 2.05) is 0 Å². The molecule has 0 aliphatic carbocycles. The van der Waals surface area contributed by atoms with E-state index in [1.54, 1.807) is 0 Å². The quantitative estimate of drug-likeness (QED) is 0.528. The lowest BCUT2D eigenvalue weighted by atomic mass is 10.3. The van der Waals surface area contributed by atoms with Crippen molar-refractivity contribution < 1.29 is 19.4 Å². The predicted octanol–water partition coefficient (Wildman–Crippen LogP) is -0.952. The third-order valence-electron chi connectivity index (χ3n) is 1.22. The van der Waals surface area contributed by atoms with Crippen LogP contribution in [-0.4, -0.2) is 37.2 Å². The second-order valence-corrected chi connectivity index (χ2v) is 2.18. The molecule has 0 radical (unpaired) electrons. The summed E-state index contributed by atoms with van der Waals surface area (Å²) >= 11 is 0. The molecule has 0 aromatic rings. The Morgan fingerprint density at radius 1 is 1.50 bits per heavy atom. The van der Waals surface area contributed by atoms with E-state index < -0.39 is 5.97 Å². The zero-order valence-corrected chi connectivity index (χ0v) is 7.00. The molecule has 0 aliphatic heterocycles. The van der Waals surface area contributed by atoms with Crippen LogP contribution in [0.4, 0.5) is 0 Å². The van der Waals surface area contributed by atoms with Crippen molar-refractivity contribution in [1.29, 1.82) is 0 Å². The number of carbonyl (C=O) groups excluding carboxylic acids is 2. The van der Waals surface area contributed by atoms with E-state index >= 15 is 0 Å². The van der Waals surface area contributed by atoms with Crippen LogP contribution in [0.3, 0.4) is 0 Å². The summed E-state index contributed by atoms with van der Waals surface area (Å²) in [6, 6.07) is 0. The topological polar surface area (TPSA) is 75.6 Å². The molecule has 2 N–H and O–H groups in total. The average Bonchev–Trinajstić information content (AvgIpc) is 2.10. The first-order valence-electron chi connectivity index (χ1n) is 3.65. The van der Waals surface area contributed by atoms with Gasteiger partial charge in [-0.3, -0.25) is 9.59 Å². The first-order chi connectivity index (χ1) is 5.70. The van der Waals surface area contributed by atoms with E-state index in [1.165, 1.54) is 7.11 Å². The van der Waals surface area contributed by atoms with Crippen molar-refractivity contribution in [2.24, 2.45) is 0 Å². The van der Waals surface area contributed by atoms with Crippen molar-refractivity contribution in [2.45, 2.75) is 12.8 Å². The Labute approximate surface area is 70.7 Å². The predicted molar refractivity (Wildman–Crippen MR) is 41.3 cm³/mol. The van der Waals surface area contributed by atoms with Crippen LogP contribution in [-0.2, 0) is 14.3 Å². The summed E-state index contributed by atoms with van der Waals surface area (Å²) in [7, 11) is 1.25. The van der Waals surface area contributed by atoms with E-state index in [-0.39, 0.29) is 25.5 Å². The van der Waals surface area contributed by atoms with Crippen molar-refractivity contribution in [1.82, 2.24) is 5.32 Å². The summed E-state index contributed by atoms with van der Waals surface area (Å²) in [4.78, 5) is 21.3. The van der Waals surface area contributed by atoms with Gasteiger partial charge in [0.25, 0.3) is 0 Å². The molecule has 12 heavy (non-hydrogen) atoms. The highest BCUT2D eigenvalue weighted by molar-refractivity contribution is 5.81. The molecule has 0 fully saturated rings. The van der Waals surface area contributed by atoms with Gasteiger partial charge in [-0.05, 0) is 6.42 Å². The Balaban J connectivity index is 3.37. The lowest BCUT2D eigenvalue weighted by Gasteiger charge is -2.01. The van der Waals surface area contributed by atoms with Gasteiger partial charge in [0.05, 0.1) is 7.11 Å². The number of aliphatic hydroxyl groups excluding tert-OH is 1. The molecule has 5 nitrogen and oxygen atoms in total. The van der Waals surface area contributed by atoms with E-state index in [4.69, 9.17) is 5.11 Å². The number of methoxy groups -OCH3 is 1. The van der Waals surface area contributed by atoms with Crippen LogP contribution in [0.2, 0.25) is 0 Å². The highest BCUT2D eigenvalue weighted by Crippen LogP contribution is 1.85. The Kier molecular flexibility index (Phi) is 6.00. The van der Waals surface area contributed by atoms with E-state index in [2.05, 4.69) is 10.1 Å². The number of aliphatic hydroxyl groups is 1. The molecule has 0 unspecified atom stereocenters. The molecule has 1 amide bonds. The summed E-state index contributed by atoms with van der Waals surface area (Å²) in [5.74, 6) is -0.734. The fraction of sp³-hybridized carbons (Fsp3) is 0.714. The third kappa shape index (κ3) is 5.67. The van der Waals surface area contributed by atoms with Crippen LogP contribution in [0.5, 0.6) is 0 Å². The molecule has 0 saturated carbocycles. The van der Waals surface area contributed by atoms with Gasteiger partial charge in [-0.2, -0.15) is 0 Å². The summed E-state index contributed by atoms with van der Waals surface area (Å²) in [6.45, 7) is -0.133. The van der Waals surface area contributed by atoms with E-state index in [0.717, 1.165) is 0 Å². The Bertz CT molecular complexity index is 157. The van der Waals surface area contributed by atoms with Gasteiger partial charge in [0.1, 0.15) is 6.54 Å². The molecule has 0 bridgehead atoms. The zero-order chi connectivity index (χ0) is 9.40. The highest BCUT2D eigenvalue weighted by atomic mass is 16.5. The molecule has 0 rings (SSSR count). The number of ether oxygens (including phenoxy) is 1. The number of carbonyl (C=O) groups is 2. The molecule has 70 valence electrons. The number of hydrogen-bond donors (Lipinski definition) is 2. The van der Waals surface area contributed by atoms with Gasteiger partial charge in [-0.1, -0.05) is 0 Å². The smallest absolute Gasteiger partial charge is 0.325 e. The van der Waals surface area contributed by atoms with Gasteiger partial charge < -0.3 is 15.2 Å². The van der Waals surface area contributed by atoms with Crippen LogP contribution in [0.25, 0.3) is 0 Å². The van der Waals surface area contributed by atoms with Gasteiger partial charge in [-0.15, -0.1) is 0 Å². The van der Waals surface area contributed by atoms with Crippen LogP contribution in [0.1, 0.15) is 12.8 Å². The monoisotopic (exact) mass is 175 g/mol. The highest BCUT2D eigenvalue weighted by Gasteiger charge is 2.03. The van der Waals surface area contributed by atoms with Gasteiger partial charge in [0.15, 0.2) is 0 Å². The molecule has 0 saturated heterocycles. The van der Waals surface area contributed by atoms with Crippen molar-refractivity contribution in [3.8, 4) is 0 Å². The minimum atomic E-state index is -0.479. The molecule has 0 atom stereocenters. The molecule has 5 heteroatoms. The number of amides is 1. The van der Waals surface area contributed by atoms with Crippen LogP contribution in [0.15, 0.2) is 0 Å². The first-order valence-corrected chi connectivity index (χ1v) is 3.65. The van der Waals surface area contributed by atoms with Crippen LogP contribution < -0.4 is 5.32 Å². The fourth-order valence-electron chi connectivity index (χ4n) is 0.571. The lowest BCUT2D eigenvalue weighted by molar-refractivity contribution is -0.141. The maximum Gasteiger partial charge on any atom is 0.325 e. The normalized spacial score (nSPS) is 9.17. The second kappa shape index (κ2) is 6.60. The molecular formula is C7H13NO4. The van der Waals surface area contributed by atoms with E-state index in [0.29, 0.717) is 6.42 Å². The van der Waals surface area contributed by atoms with Crippen molar-refractivity contribution in [3.63, 3.8) is 0 Å². The molecule has 0 aromatic heterocycles. The fourth-order valence-corrected chi connectivity index (χ4v) is 0.571. The largest absolute Gasteiger partial charge is 0.468 e. The van der Waals surface area contributed by atoms with Crippen molar-refractivity contribution in [3.05, 3.63) is 0 Å². The third-order valence-corrected chi connectivity index (χ3v) is 1.22. The number of nitrogens with one attached hydrogen (secondary N) is 1. The number of rotatable bonds is 5. The molecule has 0 aromatic carbocycles. The summed E-state index contributed by atoms with van der Waals surface area (Å²) in [5.41, 5.74) is 0. The Morgan fingerprint density at radius 2 is 2.17 bits per heavy atom. The van der Waals surface area contributed by atoms with Crippen LogP contribution >= 0.6 is 0 Å². The number of hydrogen-bond acceptors (Lipinski definition) is 4. The standard InChI is InChI=1S/C7H13NO4/c1-12-7(11)5-8-6(10)3-2-4-9/h9H,2-5H2,1H3,(H,8,10). The van der Waals surface area contributed by atoms with Crippen LogP contribution in [0, 0.1) is 0 Å². The SMILES string of the molecule is COC(=O)CNC(=O)CCCO. The van der Waals surface area contributed by atoms with Gasteiger partial charge in [-0.25, -0.2) is 0 Å². The minimum absolute atomic E-state index is 0.0222. The summed E-state index contributed by atoms with van der Waals surface area (Å²) in [5, 5.41) is 10.7. The minimum Gasteiger partial charge on any atom is -0.468 e. The Morgan fingerprint density at radius 3 is 2.67 bits per heavy atom. The molecule has 0 heterocycles.